The summed E-state index contributed by atoms with van der Waals surface area (Å²) in [5, 5.41) is 7.88. The van der Waals surface area contributed by atoms with Crippen LogP contribution in [0.2, 0.25) is 0 Å². The van der Waals surface area contributed by atoms with Crippen LogP contribution in [-0.4, -0.2) is 61.1 Å². The van der Waals surface area contributed by atoms with E-state index in [1.165, 1.54) is 35.3 Å². The van der Waals surface area contributed by atoms with Gasteiger partial charge in [-0.15, -0.1) is 11.3 Å². The molecule has 29 heavy (non-hydrogen) atoms. The van der Waals surface area contributed by atoms with Crippen molar-refractivity contribution in [2.24, 2.45) is 12.0 Å². The lowest BCUT2D eigenvalue weighted by Crippen LogP contribution is -2.38. The van der Waals surface area contributed by atoms with Crippen LogP contribution in [0.5, 0.6) is 0 Å². The predicted octanol–water partition coefficient (Wildman–Crippen LogP) is 2.45. The normalized spacial score (nSPS) is 12.8. The van der Waals surface area contributed by atoms with E-state index < -0.39 is 10.0 Å². The first-order valence-corrected chi connectivity index (χ1v) is 11.8. The van der Waals surface area contributed by atoms with Crippen molar-refractivity contribution in [3.8, 4) is 0 Å². The van der Waals surface area contributed by atoms with E-state index in [2.05, 4.69) is 29.2 Å². The van der Waals surface area contributed by atoms with Gasteiger partial charge in [0.05, 0.1) is 12.2 Å². The Hall–Kier alpha value is -1.91. The number of rotatable bonds is 8. The third-order valence-electron chi connectivity index (χ3n) is 4.34. The quantitative estimate of drug-likeness (QED) is 0.504. The molecule has 0 fully saturated rings. The topological polar surface area (TPSA) is 82.8 Å². The fourth-order valence-corrected chi connectivity index (χ4v) is 5.33. The Morgan fingerprint density at radius 2 is 2.00 bits per heavy atom. The van der Waals surface area contributed by atoms with E-state index >= 15 is 0 Å². The molecular formula is C19H32N6O2S2. The number of nitrogens with one attached hydrogen (secondary N) is 1. The molecular weight excluding hydrogens is 408 g/mol. The van der Waals surface area contributed by atoms with Gasteiger partial charge in [-0.1, -0.05) is 13.8 Å². The van der Waals surface area contributed by atoms with Crippen LogP contribution in [0, 0.1) is 0 Å². The molecule has 0 spiro atoms. The van der Waals surface area contributed by atoms with E-state index in [0.717, 1.165) is 23.1 Å². The van der Waals surface area contributed by atoms with Crippen molar-refractivity contribution in [2.45, 2.75) is 44.0 Å². The molecule has 0 atom stereocenters. The van der Waals surface area contributed by atoms with Gasteiger partial charge in [0.2, 0.25) is 0 Å². The molecule has 162 valence electrons. The number of aromatic nitrogens is 2. The molecule has 0 aliphatic heterocycles. The van der Waals surface area contributed by atoms with Crippen LogP contribution in [0.25, 0.3) is 0 Å². The van der Waals surface area contributed by atoms with Gasteiger partial charge in [-0.25, -0.2) is 17.7 Å². The number of nitrogens with zero attached hydrogens (tertiary/aromatic N) is 5. The summed E-state index contributed by atoms with van der Waals surface area (Å²) in [4.78, 5) is 7.68. The first-order valence-electron chi connectivity index (χ1n) is 9.59. The lowest BCUT2D eigenvalue weighted by atomic mass is 10.1. The highest BCUT2D eigenvalue weighted by Crippen LogP contribution is 2.24. The van der Waals surface area contributed by atoms with Gasteiger partial charge in [-0.2, -0.15) is 5.10 Å². The molecule has 2 aromatic rings. The molecule has 2 heterocycles. The van der Waals surface area contributed by atoms with Crippen LogP contribution in [-0.2, 0) is 30.2 Å². The summed E-state index contributed by atoms with van der Waals surface area (Å²) < 4.78 is 27.9. The van der Waals surface area contributed by atoms with Gasteiger partial charge in [0.15, 0.2) is 5.96 Å². The average Bonchev–Trinajstić information content (AvgIpc) is 3.25. The van der Waals surface area contributed by atoms with E-state index in [1.54, 1.807) is 6.07 Å². The van der Waals surface area contributed by atoms with E-state index in [9.17, 15) is 8.42 Å². The molecule has 1 N–H and O–H groups in total. The maximum atomic E-state index is 12.3. The van der Waals surface area contributed by atoms with Crippen molar-refractivity contribution in [2.75, 3.05) is 27.7 Å². The van der Waals surface area contributed by atoms with Crippen molar-refractivity contribution in [1.29, 1.82) is 0 Å². The summed E-state index contributed by atoms with van der Waals surface area (Å²) in [6, 6.07) is 3.47. The molecule has 8 nitrogen and oxygen atoms in total. The van der Waals surface area contributed by atoms with Crippen LogP contribution in [0.4, 0.5) is 0 Å². The Balaban J connectivity index is 2.17. The molecule has 10 heteroatoms. The fraction of sp³-hybridized carbons (Fsp3) is 0.579. The molecule has 0 aromatic carbocycles. The maximum absolute atomic E-state index is 12.3. The Labute approximate surface area is 178 Å². The van der Waals surface area contributed by atoms with Crippen LogP contribution in [0.3, 0.4) is 0 Å². The highest BCUT2D eigenvalue weighted by Gasteiger charge is 2.20. The summed E-state index contributed by atoms with van der Waals surface area (Å²) in [7, 11) is 3.60. The second kappa shape index (κ2) is 9.73. The van der Waals surface area contributed by atoms with Gasteiger partial charge in [0.1, 0.15) is 4.21 Å². The lowest BCUT2D eigenvalue weighted by molar-refractivity contribution is 0.473. The Morgan fingerprint density at radius 1 is 1.31 bits per heavy atom. The second-order valence-electron chi connectivity index (χ2n) is 7.40. The number of sulfonamides is 1. The van der Waals surface area contributed by atoms with Crippen molar-refractivity contribution in [3.05, 3.63) is 34.5 Å². The van der Waals surface area contributed by atoms with Crippen molar-refractivity contribution >= 4 is 27.3 Å². The number of hydrogen-bond donors (Lipinski definition) is 1. The molecule has 2 aromatic heterocycles. The van der Waals surface area contributed by atoms with Crippen molar-refractivity contribution in [1.82, 2.24) is 24.3 Å². The van der Waals surface area contributed by atoms with Crippen LogP contribution in [0.15, 0.2) is 27.5 Å². The van der Waals surface area contributed by atoms with Gasteiger partial charge in [0.25, 0.3) is 10.0 Å². The van der Waals surface area contributed by atoms with Gasteiger partial charge >= 0.3 is 0 Å². The van der Waals surface area contributed by atoms with Crippen LogP contribution in [0.1, 0.15) is 42.8 Å². The number of aryl methyl sites for hydroxylation is 1. The third kappa shape index (κ3) is 5.80. The molecule has 0 saturated heterocycles. The highest BCUT2D eigenvalue weighted by molar-refractivity contribution is 7.91. The largest absolute Gasteiger partial charge is 0.357 e. The molecule has 0 radical (unpaired) electrons. The number of thiophene rings is 1. The zero-order chi connectivity index (χ0) is 21.8. The molecule has 0 saturated carbocycles. The maximum Gasteiger partial charge on any atom is 0.252 e. The van der Waals surface area contributed by atoms with E-state index in [4.69, 9.17) is 4.99 Å². The summed E-state index contributed by atoms with van der Waals surface area (Å²) in [6.07, 6.45) is 2.05. The molecule has 2 rings (SSSR count). The van der Waals surface area contributed by atoms with Crippen LogP contribution < -0.4 is 5.32 Å². The first-order chi connectivity index (χ1) is 13.6. The Bertz CT molecular complexity index is 944. The summed E-state index contributed by atoms with van der Waals surface area (Å²) in [5.41, 5.74) is 2.26. The molecule has 0 unspecified atom stereocenters. The summed E-state index contributed by atoms with van der Waals surface area (Å²) in [5.74, 6) is 1.12. The minimum Gasteiger partial charge on any atom is -0.357 e. The summed E-state index contributed by atoms with van der Waals surface area (Å²) in [6.45, 7) is 8.17. The smallest absolute Gasteiger partial charge is 0.252 e. The zero-order valence-corrected chi connectivity index (χ0v) is 19.9. The van der Waals surface area contributed by atoms with Crippen molar-refractivity contribution in [3.63, 3.8) is 0 Å². The lowest BCUT2D eigenvalue weighted by Gasteiger charge is -2.22. The van der Waals surface area contributed by atoms with Gasteiger partial charge in [0, 0.05) is 57.9 Å². The minimum atomic E-state index is -3.40. The molecule has 0 aliphatic carbocycles. The Kier molecular flexibility index (Phi) is 7.84. The van der Waals surface area contributed by atoms with E-state index in [1.807, 2.05) is 38.0 Å². The molecule has 0 amide bonds. The SMILES string of the molecule is CCNC(=NCc1ccc(S(=O)(=O)N(C)C)s1)N(C)Cc1cn(C)nc1C(C)C. The first kappa shape index (κ1) is 23.4. The van der Waals surface area contributed by atoms with Crippen LogP contribution >= 0.6 is 11.3 Å². The standard InChI is InChI=1S/C19H32N6O2S2/c1-8-20-19(24(6)12-15-13-25(7)22-18(15)14(2)3)21-11-16-9-10-17(28-16)29(26,27)23(4)5/h9-10,13-14H,8,11-12H2,1-7H3,(H,20,21). The van der Waals surface area contributed by atoms with Gasteiger partial charge in [-0.3, -0.25) is 4.68 Å². The Morgan fingerprint density at radius 3 is 2.59 bits per heavy atom. The number of guanidine groups is 1. The van der Waals surface area contributed by atoms with E-state index in [-0.39, 0.29) is 0 Å². The predicted molar refractivity (Wildman–Crippen MR) is 119 cm³/mol. The zero-order valence-electron chi connectivity index (χ0n) is 18.3. The number of aliphatic imine (C=N–C) groups is 1. The van der Waals surface area contributed by atoms with Crippen molar-refractivity contribution < 1.29 is 8.42 Å². The van der Waals surface area contributed by atoms with Gasteiger partial charge in [-0.05, 0) is 25.0 Å². The summed E-state index contributed by atoms with van der Waals surface area (Å²) >= 11 is 1.26. The molecule has 0 bridgehead atoms. The second-order valence-corrected chi connectivity index (χ2v) is 10.9. The molecule has 0 aliphatic rings. The monoisotopic (exact) mass is 440 g/mol. The fourth-order valence-electron chi connectivity index (χ4n) is 2.88. The third-order valence-corrected chi connectivity index (χ3v) is 7.70. The average molecular weight is 441 g/mol. The van der Waals surface area contributed by atoms with Gasteiger partial charge < -0.3 is 10.2 Å². The minimum absolute atomic E-state index is 0.336. The van der Waals surface area contributed by atoms with E-state index in [0.29, 0.717) is 23.2 Å². The highest BCUT2D eigenvalue weighted by atomic mass is 32.2. The number of hydrogen-bond acceptors (Lipinski definition) is 5.